The molecular weight excluding hydrogens is 318 g/mol. The lowest BCUT2D eigenvalue weighted by Crippen LogP contribution is -2.48. The SMILES string of the molecule is CCNC(=NCCCn1cccn1)N1CCOC(c2cnn(C)c2)C1. The number of aryl methyl sites for hydroxylation is 2. The first kappa shape index (κ1) is 17.5. The standard InChI is InChI=1S/C17H27N7O/c1-3-18-17(19-6-4-8-24-9-5-7-20-24)23-10-11-25-16(14-23)15-12-21-22(2)13-15/h5,7,9,12-13,16H,3-4,6,8,10-11,14H2,1-2H3,(H,18,19). The van der Waals surface area contributed by atoms with Gasteiger partial charge in [-0.05, 0) is 19.4 Å². The predicted molar refractivity (Wildman–Crippen MR) is 96.3 cm³/mol. The Bertz CT molecular complexity index is 664. The lowest BCUT2D eigenvalue weighted by molar-refractivity contribution is -0.00804. The number of hydrogen-bond acceptors (Lipinski definition) is 4. The summed E-state index contributed by atoms with van der Waals surface area (Å²) in [5, 5.41) is 11.9. The van der Waals surface area contributed by atoms with Crippen molar-refractivity contribution < 1.29 is 4.74 Å². The minimum Gasteiger partial charge on any atom is -0.370 e. The summed E-state index contributed by atoms with van der Waals surface area (Å²) in [5.74, 6) is 0.958. The molecule has 1 N–H and O–H groups in total. The van der Waals surface area contributed by atoms with Gasteiger partial charge in [-0.25, -0.2) is 0 Å². The van der Waals surface area contributed by atoms with Crippen molar-refractivity contribution in [1.29, 1.82) is 0 Å². The Labute approximate surface area is 148 Å². The summed E-state index contributed by atoms with van der Waals surface area (Å²) in [6, 6.07) is 1.94. The predicted octanol–water partition coefficient (Wildman–Crippen LogP) is 1.05. The third-order valence-electron chi connectivity index (χ3n) is 4.16. The molecule has 0 spiro atoms. The van der Waals surface area contributed by atoms with E-state index in [9.17, 15) is 0 Å². The molecule has 1 unspecified atom stereocenters. The second-order valence-electron chi connectivity index (χ2n) is 6.11. The van der Waals surface area contributed by atoms with E-state index >= 15 is 0 Å². The Morgan fingerprint density at radius 1 is 1.44 bits per heavy atom. The van der Waals surface area contributed by atoms with E-state index in [4.69, 9.17) is 9.73 Å². The van der Waals surface area contributed by atoms with Crippen molar-refractivity contribution in [3.8, 4) is 0 Å². The smallest absolute Gasteiger partial charge is 0.194 e. The molecule has 1 aliphatic rings. The zero-order valence-corrected chi connectivity index (χ0v) is 15.0. The van der Waals surface area contributed by atoms with Crippen molar-refractivity contribution >= 4 is 5.96 Å². The van der Waals surface area contributed by atoms with Crippen molar-refractivity contribution in [2.24, 2.45) is 12.0 Å². The minimum absolute atomic E-state index is 0.0374. The molecule has 1 atom stereocenters. The van der Waals surface area contributed by atoms with Gasteiger partial charge in [-0.1, -0.05) is 0 Å². The van der Waals surface area contributed by atoms with E-state index in [1.54, 1.807) is 6.20 Å². The zero-order chi connectivity index (χ0) is 17.5. The van der Waals surface area contributed by atoms with Crippen molar-refractivity contribution in [2.75, 3.05) is 32.8 Å². The van der Waals surface area contributed by atoms with Gasteiger partial charge in [-0.2, -0.15) is 10.2 Å². The van der Waals surface area contributed by atoms with Crippen LogP contribution in [0, 0.1) is 0 Å². The lowest BCUT2D eigenvalue weighted by Gasteiger charge is -2.34. The second kappa shape index (κ2) is 8.66. The molecule has 0 saturated carbocycles. The van der Waals surface area contributed by atoms with E-state index in [1.807, 2.05) is 41.1 Å². The maximum absolute atomic E-state index is 5.92. The molecule has 3 rings (SSSR count). The van der Waals surface area contributed by atoms with Crippen LogP contribution < -0.4 is 5.32 Å². The van der Waals surface area contributed by atoms with Crippen molar-refractivity contribution in [1.82, 2.24) is 29.8 Å². The third-order valence-corrected chi connectivity index (χ3v) is 4.16. The molecule has 1 aliphatic heterocycles. The largest absolute Gasteiger partial charge is 0.370 e. The highest BCUT2D eigenvalue weighted by Gasteiger charge is 2.25. The molecule has 25 heavy (non-hydrogen) atoms. The molecule has 1 fully saturated rings. The van der Waals surface area contributed by atoms with Gasteiger partial charge in [0.05, 0.1) is 19.3 Å². The van der Waals surface area contributed by atoms with E-state index in [1.165, 1.54) is 0 Å². The van der Waals surface area contributed by atoms with Crippen molar-refractivity contribution in [3.05, 3.63) is 36.4 Å². The first-order valence-corrected chi connectivity index (χ1v) is 8.87. The first-order chi connectivity index (χ1) is 12.3. The van der Waals surface area contributed by atoms with E-state index in [0.717, 1.165) is 50.7 Å². The van der Waals surface area contributed by atoms with Gasteiger partial charge in [0.1, 0.15) is 6.10 Å². The Morgan fingerprint density at radius 3 is 3.08 bits per heavy atom. The molecule has 0 aromatic carbocycles. The number of aromatic nitrogens is 4. The third kappa shape index (κ3) is 4.82. The van der Waals surface area contributed by atoms with E-state index in [0.29, 0.717) is 6.61 Å². The Morgan fingerprint density at radius 2 is 2.36 bits per heavy atom. The molecule has 1 saturated heterocycles. The number of nitrogens with one attached hydrogen (secondary N) is 1. The number of nitrogens with zero attached hydrogens (tertiary/aromatic N) is 6. The van der Waals surface area contributed by atoms with Crippen LogP contribution in [0.3, 0.4) is 0 Å². The quantitative estimate of drug-likeness (QED) is 0.481. The van der Waals surface area contributed by atoms with Crippen molar-refractivity contribution in [3.63, 3.8) is 0 Å². The van der Waals surface area contributed by atoms with Crippen LogP contribution in [0.1, 0.15) is 25.0 Å². The van der Waals surface area contributed by atoms with Crippen LogP contribution in [0.2, 0.25) is 0 Å². The van der Waals surface area contributed by atoms with E-state index < -0.39 is 0 Å². The number of rotatable bonds is 6. The van der Waals surface area contributed by atoms with E-state index in [2.05, 4.69) is 27.3 Å². The van der Waals surface area contributed by atoms with Crippen LogP contribution >= 0.6 is 0 Å². The zero-order valence-electron chi connectivity index (χ0n) is 15.0. The maximum atomic E-state index is 5.92. The highest BCUT2D eigenvalue weighted by molar-refractivity contribution is 5.80. The second-order valence-corrected chi connectivity index (χ2v) is 6.11. The van der Waals surface area contributed by atoms with Crippen LogP contribution in [0.5, 0.6) is 0 Å². The average molecular weight is 345 g/mol. The molecule has 8 heteroatoms. The van der Waals surface area contributed by atoms with Gasteiger partial charge in [-0.15, -0.1) is 0 Å². The molecule has 0 amide bonds. The first-order valence-electron chi connectivity index (χ1n) is 8.87. The molecule has 0 aliphatic carbocycles. The summed E-state index contributed by atoms with van der Waals surface area (Å²) in [6.07, 6.45) is 8.68. The number of morpholine rings is 1. The topological polar surface area (TPSA) is 72.5 Å². The van der Waals surface area contributed by atoms with Crippen LogP contribution in [0.25, 0.3) is 0 Å². The molecule has 2 aromatic heterocycles. The highest BCUT2D eigenvalue weighted by atomic mass is 16.5. The van der Waals surface area contributed by atoms with Crippen molar-refractivity contribution in [2.45, 2.75) is 26.0 Å². The normalized spacial score (nSPS) is 18.6. The monoisotopic (exact) mass is 345 g/mol. The summed E-state index contributed by atoms with van der Waals surface area (Å²) in [6.45, 7) is 6.94. The summed E-state index contributed by atoms with van der Waals surface area (Å²) in [4.78, 5) is 7.06. The fourth-order valence-electron chi connectivity index (χ4n) is 2.93. The molecule has 8 nitrogen and oxygen atoms in total. The van der Waals surface area contributed by atoms with Gasteiger partial charge < -0.3 is 15.0 Å². The summed E-state index contributed by atoms with van der Waals surface area (Å²) in [7, 11) is 1.93. The maximum Gasteiger partial charge on any atom is 0.194 e. The van der Waals surface area contributed by atoms with Gasteiger partial charge in [0.25, 0.3) is 0 Å². The van der Waals surface area contributed by atoms with Gasteiger partial charge in [0.15, 0.2) is 5.96 Å². The van der Waals surface area contributed by atoms with Crippen LogP contribution in [0.15, 0.2) is 35.8 Å². The lowest BCUT2D eigenvalue weighted by atomic mass is 10.1. The molecule has 0 radical (unpaired) electrons. The number of aliphatic imine (C=N–C) groups is 1. The molecule has 0 bridgehead atoms. The van der Waals surface area contributed by atoms with Gasteiger partial charge >= 0.3 is 0 Å². The summed E-state index contributed by atoms with van der Waals surface area (Å²) < 4.78 is 9.67. The Hall–Kier alpha value is -2.35. The fraction of sp³-hybridized carbons (Fsp3) is 0.588. The fourth-order valence-corrected chi connectivity index (χ4v) is 2.93. The van der Waals surface area contributed by atoms with Gasteiger partial charge in [0.2, 0.25) is 0 Å². The number of guanidine groups is 1. The Kier molecular flexibility index (Phi) is 6.05. The van der Waals surface area contributed by atoms with E-state index in [-0.39, 0.29) is 6.10 Å². The highest BCUT2D eigenvalue weighted by Crippen LogP contribution is 2.21. The number of hydrogen-bond donors (Lipinski definition) is 1. The van der Waals surface area contributed by atoms with Crippen LogP contribution in [-0.4, -0.2) is 63.2 Å². The molecular formula is C17H27N7O. The number of ether oxygens (including phenoxy) is 1. The summed E-state index contributed by atoms with van der Waals surface area (Å²) >= 11 is 0. The van der Waals surface area contributed by atoms with Crippen LogP contribution in [0.4, 0.5) is 0 Å². The molecule has 3 heterocycles. The molecule has 136 valence electrons. The molecule has 2 aromatic rings. The summed E-state index contributed by atoms with van der Waals surface area (Å²) in [5.41, 5.74) is 1.11. The Balaban J connectivity index is 1.57. The average Bonchev–Trinajstić information content (AvgIpc) is 3.29. The van der Waals surface area contributed by atoms with Gasteiger partial charge in [0, 0.05) is 57.4 Å². The minimum atomic E-state index is 0.0374. The van der Waals surface area contributed by atoms with Gasteiger partial charge in [-0.3, -0.25) is 14.4 Å². The van der Waals surface area contributed by atoms with Crippen LogP contribution in [-0.2, 0) is 18.3 Å².